The van der Waals surface area contributed by atoms with Gasteiger partial charge in [-0.05, 0) is 0 Å². The Kier molecular flexibility index (Phi) is 3.85. The van der Waals surface area contributed by atoms with Crippen LogP contribution in [0.3, 0.4) is 0 Å². The molecule has 3 nitrogen and oxygen atoms in total. The maximum atomic E-state index is 10.3. The monoisotopic (exact) mass is 227 g/mol. The van der Waals surface area contributed by atoms with E-state index in [4.69, 9.17) is 45.2 Å². The zero-order valence-corrected chi connectivity index (χ0v) is 7.99. The summed E-state index contributed by atoms with van der Waals surface area (Å²) in [4.78, 5) is 10.3. The smallest absolute Gasteiger partial charge is 0.332 e. The van der Waals surface area contributed by atoms with Gasteiger partial charge in [-0.1, -0.05) is 41.4 Å². The van der Waals surface area contributed by atoms with Crippen LogP contribution in [0, 0.1) is 17.2 Å². The molecule has 0 fully saturated rings. The summed E-state index contributed by atoms with van der Waals surface area (Å²) in [5, 5.41) is 16.9. The van der Waals surface area contributed by atoms with E-state index >= 15 is 0 Å². The first kappa shape index (κ1) is 11.6. The predicted octanol–water partition coefficient (Wildman–Crippen LogP) is 2.14. The molecule has 0 aliphatic rings. The number of halogens is 3. The quantitative estimate of drug-likeness (QED) is 0.582. The molecule has 1 N–H and O–H groups in total. The molecule has 66 valence electrons. The van der Waals surface area contributed by atoms with Crippen molar-refractivity contribution in [3.05, 3.63) is 12.2 Å². The highest BCUT2D eigenvalue weighted by atomic mass is 35.6. The Morgan fingerprint density at radius 2 is 2.00 bits per heavy atom. The van der Waals surface area contributed by atoms with Crippen LogP contribution in [-0.4, -0.2) is 14.9 Å². The third kappa shape index (κ3) is 2.90. The van der Waals surface area contributed by atoms with Crippen LogP contribution in [0.5, 0.6) is 0 Å². The van der Waals surface area contributed by atoms with Gasteiger partial charge in [0, 0.05) is 0 Å². The lowest BCUT2D eigenvalue weighted by molar-refractivity contribution is -0.133. The van der Waals surface area contributed by atoms with E-state index in [9.17, 15) is 4.79 Å². The van der Waals surface area contributed by atoms with Gasteiger partial charge in [-0.2, -0.15) is 5.26 Å². The van der Waals surface area contributed by atoms with Gasteiger partial charge in [0.25, 0.3) is 0 Å². The Bertz CT molecular complexity index is 250. The van der Waals surface area contributed by atoms with Crippen molar-refractivity contribution in [3.8, 4) is 6.07 Å². The number of hydrogen-bond acceptors (Lipinski definition) is 2. The lowest BCUT2D eigenvalue weighted by atomic mass is 10.0. The SMILES string of the molecule is C=C(C(=O)O)C(C#N)C(Cl)(Cl)Cl. The normalized spacial score (nSPS) is 13.2. The van der Waals surface area contributed by atoms with E-state index in [2.05, 4.69) is 6.58 Å². The number of hydrogen-bond donors (Lipinski definition) is 1. The van der Waals surface area contributed by atoms with Gasteiger partial charge in [0.15, 0.2) is 0 Å². The van der Waals surface area contributed by atoms with Crippen molar-refractivity contribution in [1.29, 1.82) is 5.26 Å². The lowest BCUT2D eigenvalue weighted by Crippen LogP contribution is -2.23. The molecule has 0 aliphatic carbocycles. The van der Waals surface area contributed by atoms with Crippen LogP contribution < -0.4 is 0 Å². The molecule has 0 rings (SSSR count). The molecular weight excluding hydrogens is 224 g/mol. The molecule has 6 heteroatoms. The molecule has 1 unspecified atom stereocenters. The highest BCUT2D eigenvalue weighted by molar-refractivity contribution is 6.68. The second-order valence-corrected chi connectivity index (χ2v) is 4.30. The zero-order valence-electron chi connectivity index (χ0n) is 5.72. The average molecular weight is 228 g/mol. The number of nitriles is 1. The second-order valence-electron chi connectivity index (χ2n) is 1.93. The Labute approximate surface area is 84.1 Å². The van der Waals surface area contributed by atoms with Crippen LogP contribution in [0.15, 0.2) is 12.2 Å². The van der Waals surface area contributed by atoms with Crippen molar-refractivity contribution >= 4 is 40.8 Å². The highest BCUT2D eigenvalue weighted by Crippen LogP contribution is 2.38. The van der Waals surface area contributed by atoms with E-state index in [1.54, 1.807) is 6.07 Å². The molecule has 0 bridgehead atoms. The van der Waals surface area contributed by atoms with E-state index in [0.29, 0.717) is 0 Å². The minimum Gasteiger partial charge on any atom is -0.478 e. The van der Waals surface area contributed by atoms with E-state index < -0.39 is 21.3 Å². The molecule has 0 spiro atoms. The van der Waals surface area contributed by atoms with Crippen LogP contribution in [0.1, 0.15) is 0 Å². The van der Waals surface area contributed by atoms with Crippen molar-refractivity contribution in [2.75, 3.05) is 0 Å². The molecule has 0 aromatic rings. The van der Waals surface area contributed by atoms with Crippen molar-refractivity contribution in [2.24, 2.45) is 5.92 Å². The third-order valence-electron chi connectivity index (χ3n) is 1.08. The number of rotatable bonds is 2. The molecule has 0 aromatic carbocycles. The Hall–Kier alpha value is -0.430. The number of carbonyl (C=O) groups is 1. The van der Waals surface area contributed by atoms with Crippen molar-refractivity contribution in [2.45, 2.75) is 3.79 Å². The molecule has 12 heavy (non-hydrogen) atoms. The minimum atomic E-state index is -1.95. The van der Waals surface area contributed by atoms with Gasteiger partial charge < -0.3 is 5.11 Å². The summed E-state index contributed by atoms with van der Waals surface area (Å²) in [5.74, 6) is -2.69. The number of nitrogens with zero attached hydrogens (tertiary/aromatic N) is 1. The topological polar surface area (TPSA) is 61.1 Å². The minimum absolute atomic E-state index is 0.433. The summed E-state index contributed by atoms with van der Waals surface area (Å²) < 4.78 is -1.95. The summed E-state index contributed by atoms with van der Waals surface area (Å²) in [6, 6.07) is 1.55. The maximum Gasteiger partial charge on any atom is 0.332 e. The van der Waals surface area contributed by atoms with E-state index in [-0.39, 0.29) is 0 Å². The first-order valence-electron chi connectivity index (χ1n) is 2.69. The molecule has 1 atom stereocenters. The number of alkyl halides is 3. The van der Waals surface area contributed by atoms with Crippen molar-refractivity contribution in [3.63, 3.8) is 0 Å². The van der Waals surface area contributed by atoms with Gasteiger partial charge in [-0.25, -0.2) is 4.79 Å². The zero-order chi connectivity index (χ0) is 9.94. The maximum absolute atomic E-state index is 10.3. The van der Waals surface area contributed by atoms with E-state index in [1.807, 2.05) is 0 Å². The number of carboxylic acid groups (broad SMARTS) is 1. The van der Waals surface area contributed by atoms with E-state index in [0.717, 1.165) is 0 Å². The third-order valence-corrected chi connectivity index (χ3v) is 1.73. The Balaban J connectivity index is 4.74. The summed E-state index contributed by atoms with van der Waals surface area (Å²) >= 11 is 16.0. The molecule has 0 aromatic heterocycles. The number of carboxylic acids is 1. The first-order valence-corrected chi connectivity index (χ1v) is 3.82. The van der Waals surface area contributed by atoms with Gasteiger partial charge in [0.05, 0.1) is 11.6 Å². The first-order chi connectivity index (χ1) is 5.30. The summed E-state index contributed by atoms with van der Waals surface area (Å²) in [7, 11) is 0. The van der Waals surface area contributed by atoms with Crippen LogP contribution in [0.2, 0.25) is 0 Å². The lowest BCUT2D eigenvalue weighted by Gasteiger charge is -2.16. The Morgan fingerprint density at radius 1 is 1.58 bits per heavy atom. The molecule has 0 aliphatic heterocycles. The van der Waals surface area contributed by atoms with Gasteiger partial charge in [-0.15, -0.1) is 0 Å². The van der Waals surface area contributed by atoms with Gasteiger partial charge in [0.2, 0.25) is 3.79 Å². The summed E-state index contributed by atoms with van der Waals surface area (Å²) in [6.07, 6.45) is 0. The highest BCUT2D eigenvalue weighted by Gasteiger charge is 2.37. The summed E-state index contributed by atoms with van der Waals surface area (Å²) in [5.41, 5.74) is -0.433. The van der Waals surface area contributed by atoms with Crippen LogP contribution >= 0.6 is 34.8 Å². The number of aliphatic carboxylic acids is 1. The largest absolute Gasteiger partial charge is 0.478 e. The molecule has 0 saturated heterocycles. The van der Waals surface area contributed by atoms with Gasteiger partial charge >= 0.3 is 5.97 Å². The second kappa shape index (κ2) is 3.99. The molecule has 0 saturated carbocycles. The van der Waals surface area contributed by atoms with Crippen LogP contribution in [-0.2, 0) is 4.79 Å². The van der Waals surface area contributed by atoms with Crippen molar-refractivity contribution in [1.82, 2.24) is 0 Å². The van der Waals surface area contributed by atoms with Crippen molar-refractivity contribution < 1.29 is 9.90 Å². The molecule has 0 heterocycles. The van der Waals surface area contributed by atoms with Gasteiger partial charge in [-0.3, -0.25) is 0 Å². The standard InChI is InChI=1S/C6H4Cl3NO2/c1-3(5(11)12)4(2-10)6(7,8)9/h4H,1H2,(H,11,12). The fourth-order valence-corrected chi connectivity index (χ4v) is 1.01. The van der Waals surface area contributed by atoms with Gasteiger partial charge in [0.1, 0.15) is 5.92 Å². The fraction of sp³-hybridized carbons (Fsp3) is 0.333. The molecular formula is C6H4Cl3NO2. The Morgan fingerprint density at radius 3 is 2.08 bits per heavy atom. The predicted molar refractivity (Wildman–Crippen MR) is 46.2 cm³/mol. The van der Waals surface area contributed by atoms with E-state index in [1.165, 1.54) is 0 Å². The molecule has 0 radical (unpaired) electrons. The fourth-order valence-electron chi connectivity index (χ4n) is 0.472. The van der Waals surface area contributed by atoms with Crippen LogP contribution in [0.4, 0.5) is 0 Å². The van der Waals surface area contributed by atoms with Crippen LogP contribution in [0.25, 0.3) is 0 Å². The molecule has 0 amide bonds. The summed E-state index contributed by atoms with van der Waals surface area (Å²) in [6.45, 7) is 3.12. The average Bonchev–Trinajstić information content (AvgIpc) is 1.85.